The van der Waals surface area contributed by atoms with Crippen molar-refractivity contribution >= 4 is 27.7 Å². The SMILES string of the molecule is O=C1CC(Br)CN1c1cc(C(F)(F)F)[nH]n1. The van der Waals surface area contributed by atoms with Crippen molar-refractivity contribution in [2.75, 3.05) is 11.4 Å². The number of carbonyl (C=O) groups excluding carboxylic acids is 1. The maximum atomic E-state index is 12.3. The van der Waals surface area contributed by atoms with Gasteiger partial charge in [0.2, 0.25) is 5.91 Å². The Morgan fingerprint density at radius 1 is 1.56 bits per heavy atom. The number of aromatic amines is 1. The van der Waals surface area contributed by atoms with Crippen LogP contribution in [-0.4, -0.2) is 27.5 Å². The second-order valence-corrected chi connectivity index (χ2v) is 4.74. The lowest BCUT2D eigenvalue weighted by atomic mass is 10.4. The zero-order valence-electron chi connectivity index (χ0n) is 7.88. The number of carbonyl (C=O) groups is 1. The monoisotopic (exact) mass is 297 g/mol. The summed E-state index contributed by atoms with van der Waals surface area (Å²) >= 11 is 3.24. The minimum Gasteiger partial charge on any atom is -0.294 e. The number of nitrogens with one attached hydrogen (secondary N) is 1. The number of halogens is 4. The Balaban J connectivity index is 2.23. The molecule has 1 aromatic heterocycles. The van der Waals surface area contributed by atoms with Crippen molar-refractivity contribution < 1.29 is 18.0 Å². The van der Waals surface area contributed by atoms with Gasteiger partial charge in [-0.05, 0) is 0 Å². The van der Waals surface area contributed by atoms with E-state index in [1.165, 1.54) is 4.90 Å². The standard InChI is InChI=1S/C8H7BrF3N3O/c9-4-1-7(16)15(3-4)6-2-5(13-14-6)8(10,11)12/h2,4H,1,3H2,(H,13,14). The van der Waals surface area contributed by atoms with Gasteiger partial charge < -0.3 is 0 Å². The molecule has 1 fully saturated rings. The summed E-state index contributed by atoms with van der Waals surface area (Å²) < 4.78 is 36.8. The van der Waals surface area contributed by atoms with Crippen LogP contribution in [0.15, 0.2) is 6.07 Å². The molecule has 1 unspecified atom stereocenters. The Hall–Kier alpha value is -1.05. The molecule has 0 aromatic carbocycles. The topological polar surface area (TPSA) is 49.0 Å². The molecule has 1 saturated heterocycles. The van der Waals surface area contributed by atoms with Crippen LogP contribution in [0.4, 0.5) is 19.0 Å². The van der Waals surface area contributed by atoms with E-state index in [-0.39, 0.29) is 23.0 Å². The average molecular weight is 298 g/mol. The van der Waals surface area contributed by atoms with E-state index in [1.54, 1.807) is 0 Å². The smallest absolute Gasteiger partial charge is 0.294 e. The number of hydrogen-bond donors (Lipinski definition) is 1. The van der Waals surface area contributed by atoms with Gasteiger partial charge in [0.15, 0.2) is 5.82 Å². The first-order chi connectivity index (χ1) is 7.38. The minimum absolute atomic E-state index is 0.0132. The predicted octanol–water partition coefficient (Wildman–Crippen LogP) is 1.93. The molecule has 0 radical (unpaired) electrons. The Kier molecular flexibility index (Phi) is 2.69. The molecule has 1 atom stereocenters. The van der Waals surface area contributed by atoms with Crippen LogP contribution in [0.25, 0.3) is 0 Å². The summed E-state index contributed by atoms with van der Waals surface area (Å²) in [5.74, 6) is -0.221. The quantitative estimate of drug-likeness (QED) is 0.805. The minimum atomic E-state index is -4.47. The first-order valence-corrected chi connectivity index (χ1v) is 5.36. The molecule has 0 spiro atoms. The molecule has 8 heteroatoms. The zero-order chi connectivity index (χ0) is 11.9. The fraction of sp³-hybridized carbons (Fsp3) is 0.500. The second-order valence-electron chi connectivity index (χ2n) is 3.44. The van der Waals surface area contributed by atoms with Crippen molar-refractivity contribution in [3.05, 3.63) is 11.8 Å². The van der Waals surface area contributed by atoms with Crippen LogP contribution >= 0.6 is 15.9 Å². The van der Waals surface area contributed by atoms with E-state index < -0.39 is 11.9 Å². The number of amides is 1. The number of alkyl halides is 4. The summed E-state index contributed by atoms with van der Waals surface area (Å²) in [7, 11) is 0. The van der Waals surface area contributed by atoms with Gasteiger partial charge in [-0.15, -0.1) is 0 Å². The van der Waals surface area contributed by atoms with Gasteiger partial charge in [0, 0.05) is 23.9 Å². The number of anilines is 1. The zero-order valence-corrected chi connectivity index (χ0v) is 9.47. The lowest BCUT2D eigenvalue weighted by molar-refractivity contribution is -0.141. The molecule has 1 N–H and O–H groups in total. The first-order valence-electron chi connectivity index (χ1n) is 4.45. The second kappa shape index (κ2) is 3.76. The first kappa shape index (κ1) is 11.4. The van der Waals surface area contributed by atoms with Crippen molar-refractivity contribution in [1.82, 2.24) is 10.2 Å². The summed E-state index contributed by atoms with van der Waals surface area (Å²) in [6.07, 6.45) is -4.20. The molecule has 16 heavy (non-hydrogen) atoms. The van der Waals surface area contributed by atoms with Crippen molar-refractivity contribution in [1.29, 1.82) is 0 Å². The Morgan fingerprint density at radius 3 is 2.69 bits per heavy atom. The highest BCUT2D eigenvalue weighted by molar-refractivity contribution is 9.09. The van der Waals surface area contributed by atoms with Gasteiger partial charge in [-0.25, -0.2) is 0 Å². The van der Waals surface area contributed by atoms with Crippen molar-refractivity contribution in [3.8, 4) is 0 Å². The maximum Gasteiger partial charge on any atom is 0.432 e. The van der Waals surface area contributed by atoms with Gasteiger partial charge in [-0.3, -0.25) is 14.8 Å². The third-order valence-corrected chi connectivity index (χ3v) is 2.84. The van der Waals surface area contributed by atoms with Crippen LogP contribution in [0.3, 0.4) is 0 Å². The fourth-order valence-corrected chi connectivity index (χ4v) is 2.05. The number of aromatic nitrogens is 2. The lowest BCUT2D eigenvalue weighted by Crippen LogP contribution is -2.24. The van der Waals surface area contributed by atoms with Crippen LogP contribution in [-0.2, 0) is 11.0 Å². The van der Waals surface area contributed by atoms with Crippen LogP contribution in [0.1, 0.15) is 12.1 Å². The van der Waals surface area contributed by atoms with Crippen LogP contribution in [0.2, 0.25) is 0 Å². The summed E-state index contributed by atoms with van der Waals surface area (Å²) in [5.41, 5.74) is -0.951. The van der Waals surface area contributed by atoms with Crippen LogP contribution in [0.5, 0.6) is 0 Å². The van der Waals surface area contributed by atoms with Gasteiger partial charge in [0.25, 0.3) is 0 Å². The molecule has 1 aliphatic heterocycles. The Bertz CT molecular complexity index is 417. The van der Waals surface area contributed by atoms with E-state index in [1.807, 2.05) is 5.10 Å². The summed E-state index contributed by atoms with van der Waals surface area (Å²) in [6.45, 7) is 0.334. The third kappa shape index (κ3) is 2.06. The number of hydrogen-bond acceptors (Lipinski definition) is 2. The normalized spacial score (nSPS) is 21.9. The summed E-state index contributed by atoms with van der Waals surface area (Å²) in [6, 6.07) is 0.836. The highest BCUT2D eigenvalue weighted by Gasteiger charge is 2.36. The highest BCUT2D eigenvalue weighted by atomic mass is 79.9. The van der Waals surface area contributed by atoms with Gasteiger partial charge in [-0.2, -0.15) is 18.3 Å². The molecule has 2 rings (SSSR count). The Labute approximate surface area is 96.9 Å². The van der Waals surface area contributed by atoms with Crippen LogP contribution in [0, 0.1) is 0 Å². The molecule has 1 aliphatic rings. The molecule has 2 heterocycles. The third-order valence-electron chi connectivity index (χ3n) is 2.22. The molecule has 0 aliphatic carbocycles. The fourth-order valence-electron chi connectivity index (χ4n) is 1.48. The van der Waals surface area contributed by atoms with Crippen molar-refractivity contribution in [2.45, 2.75) is 17.4 Å². The molecular formula is C8H7BrF3N3O. The molecule has 4 nitrogen and oxygen atoms in total. The van der Waals surface area contributed by atoms with Gasteiger partial charge in [-0.1, -0.05) is 15.9 Å². The van der Waals surface area contributed by atoms with E-state index in [2.05, 4.69) is 21.0 Å². The van der Waals surface area contributed by atoms with Gasteiger partial charge in [0.1, 0.15) is 5.69 Å². The molecular weight excluding hydrogens is 291 g/mol. The number of nitrogens with zero attached hydrogens (tertiary/aromatic N) is 2. The van der Waals surface area contributed by atoms with Gasteiger partial charge >= 0.3 is 6.18 Å². The molecule has 0 saturated carbocycles. The summed E-state index contributed by atoms with van der Waals surface area (Å²) in [5, 5.41) is 5.36. The maximum absolute atomic E-state index is 12.3. The van der Waals surface area contributed by atoms with E-state index >= 15 is 0 Å². The van der Waals surface area contributed by atoms with Crippen molar-refractivity contribution in [3.63, 3.8) is 0 Å². The average Bonchev–Trinajstić information content (AvgIpc) is 2.70. The number of H-pyrrole nitrogens is 1. The summed E-state index contributed by atoms with van der Waals surface area (Å²) in [4.78, 5) is 12.6. The Morgan fingerprint density at radius 2 is 2.25 bits per heavy atom. The van der Waals surface area contributed by atoms with E-state index in [0.717, 1.165) is 6.07 Å². The lowest BCUT2D eigenvalue weighted by Gasteiger charge is -2.11. The van der Waals surface area contributed by atoms with E-state index in [9.17, 15) is 18.0 Å². The molecule has 88 valence electrons. The largest absolute Gasteiger partial charge is 0.432 e. The molecule has 0 bridgehead atoms. The predicted molar refractivity (Wildman–Crippen MR) is 53.3 cm³/mol. The van der Waals surface area contributed by atoms with Gasteiger partial charge in [0.05, 0.1) is 0 Å². The van der Waals surface area contributed by atoms with Crippen LogP contribution < -0.4 is 4.90 Å². The van der Waals surface area contributed by atoms with Crippen molar-refractivity contribution in [2.24, 2.45) is 0 Å². The molecule has 1 amide bonds. The number of rotatable bonds is 1. The molecule has 1 aromatic rings. The van der Waals surface area contributed by atoms with E-state index in [0.29, 0.717) is 6.54 Å². The van der Waals surface area contributed by atoms with E-state index in [4.69, 9.17) is 0 Å². The highest BCUT2D eigenvalue weighted by Crippen LogP contribution is 2.31.